The van der Waals surface area contributed by atoms with Crippen LogP contribution in [0.25, 0.3) is 0 Å². The van der Waals surface area contributed by atoms with Crippen molar-refractivity contribution in [1.29, 1.82) is 0 Å². The largest absolute Gasteiger partial charge is 0.479 e. The van der Waals surface area contributed by atoms with Gasteiger partial charge in [0.15, 0.2) is 6.10 Å². The van der Waals surface area contributed by atoms with Gasteiger partial charge in [0, 0.05) is 13.0 Å². The van der Waals surface area contributed by atoms with Gasteiger partial charge in [0.25, 0.3) is 0 Å². The molecule has 1 amide bonds. The summed E-state index contributed by atoms with van der Waals surface area (Å²) < 4.78 is 10.7. The highest BCUT2D eigenvalue weighted by atomic mass is 16.5. The number of aliphatic carboxylic acids is 1. The van der Waals surface area contributed by atoms with Crippen molar-refractivity contribution < 1.29 is 24.2 Å². The molecule has 0 fully saturated rings. The van der Waals surface area contributed by atoms with Crippen LogP contribution in [0.3, 0.4) is 0 Å². The maximum absolute atomic E-state index is 11.9. The van der Waals surface area contributed by atoms with Gasteiger partial charge in [-0.3, -0.25) is 0 Å². The highest BCUT2D eigenvalue weighted by Crippen LogP contribution is 2.12. The van der Waals surface area contributed by atoms with Gasteiger partial charge in [-0.05, 0) is 37.5 Å². The molecule has 0 aromatic heterocycles. The van der Waals surface area contributed by atoms with E-state index in [2.05, 4.69) is 5.32 Å². The van der Waals surface area contributed by atoms with Crippen LogP contribution in [-0.2, 0) is 33.8 Å². The van der Waals surface area contributed by atoms with Crippen molar-refractivity contribution in [2.75, 3.05) is 0 Å². The number of ether oxygens (including phenoxy) is 2. The van der Waals surface area contributed by atoms with E-state index in [9.17, 15) is 14.7 Å². The van der Waals surface area contributed by atoms with Crippen LogP contribution in [-0.4, -0.2) is 29.4 Å². The average molecular weight is 385 g/mol. The van der Waals surface area contributed by atoms with E-state index in [1.54, 1.807) is 13.8 Å². The lowest BCUT2D eigenvalue weighted by Gasteiger charge is -2.17. The van der Waals surface area contributed by atoms with E-state index < -0.39 is 18.2 Å². The number of benzene rings is 2. The van der Waals surface area contributed by atoms with Gasteiger partial charge < -0.3 is 19.9 Å². The van der Waals surface area contributed by atoms with Gasteiger partial charge >= 0.3 is 12.1 Å². The Morgan fingerprint density at radius 1 is 1.04 bits per heavy atom. The van der Waals surface area contributed by atoms with Gasteiger partial charge in [-0.1, -0.05) is 54.1 Å². The number of amides is 1. The smallest absolute Gasteiger partial charge is 0.407 e. The Bertz CT molecular complexity index is 786. The second-order valence-electron chi connectivity index (χ2n) is 6.95. The topological polar surface area (TPSA) is 84.9 Å². The van der Waals surface area contributed by atoms with E-state index >= 15 is 0 Å². The van der Waals surface area contributed by atoms with Gasteiger partial charge in [0.05, 0.1) is 6.10 Å². The second-order valence-corrected chi connectivity index (χ2v) is 6.95. The Morgan fingerprint density at radius 3 is 2.36 bits per heavy atom. The fourth-order valence-corrected chi connectivity index (χ4v) is 2.66. The molecule has 0 bridgehead atoms. The molecule has 1 atom stereocenters. The maximum atomic E-state index is 11.9. The number of rotatable bonds is 9. The molecule has 6 nitrogen and oxygen atoms in total. The number of hydrogen-bond donors (Lipinski definition) is 2. The fraction of sp³-hybridized carbons (Fsp3) is 0.364. The first-order chi connectivity index (χ1) is 13.3. The number of carbonyl (C=O) groups excluding carboxylic acids is 1. The SMILES string of the molecule is Cc1ccc(COC(=O)NCc2cccc(C[C@H](OC(C)C)C(=O)O)c2)cc1. The summed E-state index contributed by atoms with van der Waals surface area (Å²) in [6.45, 7) is 6.11. The molecule has 0 spiro atoms. The molecule has 150 valence electrons. The van der Waals surface area contributed by atoms with Crippen LogP contribution < -0.4 is 5.32 Å². The van der Waals surface area contributed by atoms with Gasteiger partial charge in [-0.15, -0.1) is 0 Å². The van der Waals surface area contributed by atoms with Crippen LogP contribution in [0.2, 0.25) is 0 Å². The minimum atomic E-state index is -0.989. The first-order valence-corrected chi connectivity index (χ1v) is 9.25. The molecule has 0 radical (unpaired) electrons. The van der Waals surface area contributed by atoms with E-state index in [0.29, 0.717) is 6.54 Å². The van der Waals surface area contributed by atoms with Gasteiger partial charge in [0.1, 0.15) is 6.61 Å². The van der Waals surface area contributed by atoms with Crippen molar-refractivity contribution >= 4 is 12.1 Å². The molecule has 2 aromatic rings. The number of carboxylic acid groups (broad SMARTS) is 1. The predicted molar refractivity (Wildman–Crippen MR) is 106 cm³/mol. The van der Waals surface area contributed by atoms with Crippen LogP contribution in [0.1, 0.15) is 36.1 Å². The number of aryl methyl sites for hydroxylation is 1. The summed E-state index contributed by atoms with van der Waals surface area (Å²) in [7, 11) is 0. The summed E-state index contributed by atoms with van der Waals surface area (Å²) in [4.78, 5) is 23.2. The lowest BCUT2D eigenvalue weighted by molar-refractivity contribution is -0.153. The lowest BCUT2D eigenvalue weighted by atomic mass is 10.0. The molecule has 2 aromatic carbocycles. The fourth-order valence-electron chi connectivity index (χ4n) is 2.66. The van der Waals surface area contributed by atoms with Crippen molar-refractivity contribution in [3.63, 3.8) is 0 Å². The van der Waals surface area contributed by atoms with Crippen molar-refractivity contribution in [3.05, 3.63) is 70.8 Å². The van der Waals surface area contributed by atoms with Crippen LogP contribution in [0.5, 0.6) is 0 Å². The first-order valence-electron chi connectivity index (χ1n) is 9.25. The zero-order valence-corrected chi connectivity index (χ0v) is 16.5. The number of carbonyl (C=O) groups is 2. The van der Waals surface area contributed by atoms with Gasteiger partial charge in [-0.2, -0.15) is 0 Å². The lowest BCUT2D eigenvalue weighted by Crippen LogP contribution is -2.29. The molecule has 2 N–H and O–H groups in total. The van der Waals surface area contributed by atoms with Gasteiger partial charge in [0.2, 0.25) is 0 Å². The van der Waals surface area contributed by atoms with E-state index in [-0.39, 0.29) is 19.1 Å². The molecule has 0 unspecified atom stereocenters. The van der Waals surface area contributed by atoms with Crippen LogP contribution in [0.4, 0.5) is 4.79 Å². The molecule has 0 aliphatic carbocycles. The normalized spacial score (nSPS) is 11.9. The summed E-state index contributed by atoms with van der Waals surface area (Å²) in [6, 6.07) is 15.2. The summed E-state index contributed by atoms with van der Waals surface area (Å²) in [6.07, 6.45) is -1.31. The number of hydrogen-bond acceptors (Lipinski definition) is 4. The Hall–Kier alpha value is -2.86. The van der Waals surface area contributed by atoms with E-state index in [1.165, 1.54) is 0 Å². The third-order valence-corrected chi connectivity index (χ3v) is 4.05. The first kappa shape index (κ1) is 21.4. The molecule has 0 aliphatic rings. The third-order valence-electron chi connectivity index (χ3n) is 4.05. The minimum Gasteiger partial charge on any atom is -0.479 e. The predicted octanol–water partition coefficient (Wildman–Crippen LogP) is 3.84. The summed E-state index contributed by atoms with van der Waals surface area (Å²) in [5, 5.41) is 12.0. The molecule has 0 saturated carbocycles. The number of carboxylic acids is 1. The summed E-state index contributed by atoms with van der Waals surface area (Å²) in [5.74, 6) is -0.989. The van der Waals surface area contributed by atoms with Crippen molar-refractivity contribution in [3.8, 4) is 0 Å². The summed E-state index contributed by atoms with van der Waals surface area (Å²) >= 11 is 0. The highest BCUT2D eigenvalue weighted by molar-refractivity contribution is 5.72. The second kappa shape index (κ2) is 10.5. The van der Waals surface area contributed by atoms with E-state index in [1.807, 2.05) is 55.5 Å². The minimum absolute atomic E-state index is 0.172. The van der Waals surface area contributed by atoms with Crippen molar-refractivity contribution in [1.82, 2.24) is 5.32 Å². The summed E-state index contributed by atoms with van der Waals surface area (Å²) in [5.41, 5.74) is 3.77. The third kappa shape index (κ3) is 7.40. The van der Waals surface area contributed by atoms with Crippen molar-refractivity contribution in [2.24, 2.45) is 0 Å². The highest BCUT2D eigenvalue weighted by Gasteiger charge is 2.20. The van der Waals surface area contributed by atoms with E-state index in [0.717, 1.165) is 22.3 Å². The Kier molecular flexibility index (Phi) is 8.02. The zero-order chi connectivity index (χ0) is 20.5. The van der Waals surface area contributed by atoms with Gasteiger partial charge in [-0.25, -0.2) is 9.59 Å². The molecule has 28 heavy (non-hydrogen) atoms. The van der Waals surface area contributed by atoms with Crippen LogP contribution in [0, 0.1) is 6.92 Å². The average Bonchev–Trinajstić information content (AvgIpc) is 2.65. The molecular weight excluding hydrogens is 358 g/mol. The molecule has 0 saturated heterocycles. The Balaban J connectivity index is 1.85. The van der Waals surface area contributed by atoms with Crippen molar-refractivity contribution in [2.45, 2.75) is 52.6 Å². The monoisotopic (exact) mass is 385 g/mol. The number of nitrogens with one attached hydrogen (secondary N) is 1. The molecule has 6 heteroatoms. The molecule has 2 rings (SSSR count). The van der Waals surface area contributed by atoms with Crippen LogP contribution >= 0.6 is 0 Å². The number of alkyl carbamates (subject to hydrolysis) is 1. The van der Waals surface area contributed by atoms with Crippen LogP contribution in [0.15, 0.2) is 48.5 Å². The molecule has 0 aliphatic heterocycles. The molecule has 0 heterocycles. The quantitative estimate of drug-likeness (QED) is 0.685. The van der Waals surface area contributed by atoms with E-state index in [4.69, 9.17) is 9.47 Å². The zero-order valence-electron chi connectivity index (χ0n) is 16.5. The maximum Gasteiger partial charge on any atom is 0.407 e. The standard InChI is InChI=1S/C22H27NO5/c1-15(2)28-20(21(24)25)12-18-5-4-6-19(11-18)13-23-22(26)27-14-17-9-7-16(3)8-10-17/h4-11,15,20H,12-14H2,1-3H3,(H,23,26)(H,24,25)/t20-/m0/s1. The molecular formula is C22H27NO5. The Morgan fingerprint density at radius 2 is 1.71 bits per heavy atom. The Labute approximate surface area is 165 Å².